The predicted molar refractivity (Wildman–Crippen MR) is 107 cm³/mol. The molecule has 1 amide bonds. The Balaban J connectivity index is 1.60. The van der Waals surface area contributed by atoms with E-state index in [1.165, 1.54) is 40.9 Å². The zero-order valence-corrected chi connectivity index (χ0v) is 17.3. The van der Waals surface area contributed by atoms with E-state index in [1.54, 1.807) is 0 Å². The Bertz CT molecular complexity index is 1290. The van der Waals surface area contributed by atoms with Gasteiger partial charge >= 0.3 is 5.69 Å². The lowest BCUT2D eigenvalue weighted by atomic mass is 9.78. The van der Waals surface area contributed by atoms with Crippen molar-refractivity contribution in [1.82, 2.24) is 23.7 Å². The molecule has 10 nitrogen and oxygen atoms in total. The number of rotatable bonds is 3. The SMILES string of the molecule is Cn1c(=O)c2c(ncn2CC(=O)Nc2nc3c(s2)C(=O)CC(C)(C)C3)n(C)c1=O. The van der Waals surface area contributed by atoms with E-state index in [-0.39, 0.29) is 28.9 Å². The summed E-state index contributed by atoms with van der Waals surface area (Å²) in [5.74, 6) is -0.364. The zero-order valence-electron chi connectivity index (χ0n) is 16.5. The summed E-state index contributed by atoms with van der Waals surface area (Å²) in [4.78, 5) is 58.4. The molecule has 0 saturated carbocycles. The molecular formula is C18H20N6O4S. The van der Waals surface area contributed by atoms with Gasteiger partial charge < -0.3 is 9.88 Å². The number of carbonyl (C=O) groups excluding carboxylic acids is 2. The molecule has 152 valence electrons. The summed E-state index contributed by atoms with van der Waals surface area (Å²) in [5, 5.41) is 3.06. The van der Waals surface area contributed by atoms with Crippen molar-refractivity contribution in [1.29, 1.82) is 0 Å². The van der Waals surface area contributed by atoms with Crippen LogP contribution < -0.4 is 16.6 Å². The number of thiazole rings is 1. The molecule has 3 aromatic heterocycles. The van der Waals surface area contributed by atoms with Crippen LogP contribution in [0.3, 0.4) is 0 Å². The fourth-order valence-electron chi connectivity index (χ4n) is 3.60. The van der Waals surface area contributed by atoms with Gasteiger partial charge in [-0.2, -0.15) is 0 Å². The van der Waals surface area contributed by atoms with Crippen molar-refractivity contribution in [2.24, 2.45) is 19.5 Å². The molecule has 0 aliphatic heterocycles. The van der Waals surface area contributed by atoms with Crippen LogP contribution in [0.25, 0.3) is 11.2 Å². The van der Waals surface area contributed by atoms with Gasteiger partial charge in [-0.15, -0.1) is 0 Å². The summed E-state index contributed by atoms with van der Waals surface area (Å²) in [5.41, 5.74) is -0.0679. The molecule has 3 aromatic rings. The summed E-state index contributed by atoms with van der Waals surface area (Å²) in [7, 11) is 2.89. The van der Waals surface area contributed by atoms with Crippen LogP contribution in [0.5, 0.6) is 0 Å². The number of ketones is 1. The first-order chi connectivity index (χ1) is 13.6. The quantitative estimate of drug-likeness (QED) is 0.670. The molecule has 0 saturated heterocycles. The van der Waals surface area contributed by atoms with Crippen LogP contribution in [-0.4, -0.2) is 35.4 Å². The van der Waals surface area contributed by atoms with Gasteiger partial charge in [0.15, 0.2) is 22.1 Å². The van der Waals surface area contributed by atoms with Crippen molar-refractivity contribution >= 4 is 39.3 Å². The second-order valence-corrected chi connectivity index (χ2v) is 9.03. The van der Waals surface area contributed by atoms with Crippen molar-refractivity contribution in [2.45, 2.75) is 33.2 Å². The minimum atomic E-state index is -0.522. The van der Waals surface area contributed by atoms with E-state index in [2.05, 4.69) is 15.3 Å². The van der Waals surface area contributed by atoms with E-state index < -0.39 is 17.2 Å². The molecule has 0 fully saturated rings. The molecule has 0 unspecified atom stereocenters. The first-order valence-electron chi connectivity index (χ1n) is 9.01. The van der Waals surface area contributed by atoms with E-state index in [4.69, 9.17) is 0 Å². The van der Waals surface area contributed by atoms with Gasteiger partial charge in [0.25, 0.3) is 5.56 Å². The normalized spacial score (nSPS) is 15.5. The molecule has 4 rings (SSSR count). The number of nitrogens with zero attached hydrogens (tertiary/aromatic N) is 5. The summed E-state index contributed by atoms with van der Waals surface area (Å²) in [6.45, 7) is 3.86. The van der Waals surface area contributed by atoms with E-state index in [9.17, 15) is 19.2 Å². The Morgan fingerprint density at radius 2 is 1.93 bits per heavy atom. The van der Waals surface area contributed by atoms with E-state index in [0.717, 1.165) is 4.57 Å². The Morgan fingerprint density at radius 3 is 2.66 bits per heavy atom. The number of fused-ring (bicyclic) bond motifs is 2. The first-order valence-corrected chi connectivity index (χ1v) is 9.82. The first kappa shape index (κ1) is 19.2. The number of anilines is 1. The van der Waals surface area contributed by atoms with Crippen LogP contribution in [0.1, 0.15) is 35.6 Å². The lowest BCUT2D eigenvalue weighted by molar-refractivity contribution is -0.116. The average molecular weight is 416 g/mol. The van der Waals surface area contributed by atoms with Gasteiger partial charge in [0, 0.05) is 20.5 Å². The van der Waals surface area contributed by atoms with Gasteiger partial charge in [-0.05, 0) is 11.8 Å². The second kappa shape index (κ2) is 6.48. The van der Waals surface area contributed by atoms with Crippen LogP contribution in [-0.2, 0) is 31.9 Å². The zero-order chi connectivity index (χ0) is 21.1. The minimum Gasteiger partial charge on any atom is -0.315 e. The van der Waals surface area contributed by atoms with Crippen LogP contribution >= 0.6 is 11.3 Å². The largest absolute Gasteiger partial charge is 0.332 e. The van der Waals surface area contributed by atoms with Crippen LogP contribution in [0.15, 0.2) is 15.9 Å². The molecule has 1 N–H and O–H groups in total. The number of nitrogens with one attached hydrogen (secondary N) is 1. The van der Waals surface area contributed by atoms with Crippen molar-refractivity contribution in [3.05, 3.63) is 37.7 Å². The third-order valence-corrected chi connectivity index (χ3v) is 6.07. The highest BCUT2D eigenvalue weighted by Crippen LogP contribution is 2.38. The summed E-state index contributed by atoms with van der Waals surface area (Å²) in [6.07, 6.45) is 2.49. The molecule has 1 aliphatic rings. The van der Waals surface area contributed by atoms with E-state index >= 15 is 0 Å². The topological polar surface area (TPSA) is 121 Å². The average Bonchev–Trinajstić information content (AvgIpc) is 3.21. The van der Waals surface area contributed by atoms with Crippen LogP contribution in [0.2, 0.25) is 0 Å². The second-order valence-electron chi connectivity index (χ2n) is 8.03. The smallest absolute Gasteiger partial charge is 0.315 e. The number of carbonyl (C=O) groups is 2. The third kappa shape index (κ3) is 3.20. The standard InChI is InChI=1S/C18H20N6O4S/c1-18(2)5-9-13(10(25)6-18)29-16(20-9)21-11(26)7-24-8-19-14-12(24)15(27)23(4)17(28)22(14)3/h8H,5-7H2,1-4H3,(H,20,21,26). The lowest BCUT2D eigenvalue weighted by Crippen LogP contribution is -2.37. The van der Waals surface area contributed by atoms with Crippen molar-refractivity contribution in [3.8, 4) is 0 Å². The Kier molecular flexibility index (Phi) is 4.30. The van der Waals surface area contributed by atoms with Crippen molar-refractivity contribution in [3.63, 3.8) is 0 Å². The monoisotopic (exact) mass is 416 g/mol. The number of imidazole rings is 1. The fraction of sp³-hybridized carbons (Fsp3) is 0.444. The maximum atomic E-state index is 12.5. The van der Waals surface area contributed by atoms with Gasteiger partial charge in [0.05, 0.1) is 16.9 Å². The maximum Gasteiger partial charge on any atom is 0.332 e. The number of aryl methyl sites for hydroxylation is 1. The molecular weight excluding hydrogens is 396 g/mol. The number of hydrogen-bond donors (Lipinski definition) is 1. The summed E-state index contributed by atoms with van der Waals surface area (Å²) < 4.78 is 3.63. The molecule has 0 aromatic carbocycles. The molecule has 0 spiro atoms. The lowest BCUT2D eigenvalue weighted by Gasteiger charge is -2.26. The van der Waals surface area contributed by atoms with Crippen LogP contribution in [0.4, 0.5) is 5.13 Å². The highest BCUT2D eigenvalue weighted by atomic mass is 32.1. The molecule has 11 heteroatoms. The summed E-state index contributed by atoms with van der Waals surface area (Å²) >= 11 is 1.17. The minimum absolute atomic E-state index is 0.0410. The fourth-order valence-corrected chi connectivity index (χ4v) is 4.54. The molecule has 3 heterocycles. The molecule has 0 bridgehead atoms. The van der Waals surface area contributed by atoms with Crippen molar-refractivity contribution in [2.75, 3.05) is 5.32 Å². The van der Waals surface area contributed by atoms with E-state index in [1.807, 2.05) is 13.8 Å². The predicted octanol–water partition coefficient (Wildman–Crippen LogP) is 0.684. The van der Waals surface area contributed by atoms with E-state index in [0.29, 0.717) is 28.5 Å². The van der Waals surface area contributed by atoms with Crippen molar-refractivity contribution < 1.29 is 9.59 Å². The third-order valence-electron chi connectivity index (χ3n) is 5.01. The van der Waals surface area contributed by atoms with Gasteiger partial charge in [0.2, 0.25) is 5.91 Å². The van der Waals surface area contributed by atoms with Crippen LogP contribution in [0, 0.1) is 5.41 Å². The summed E-state index contributed by atoms with van der Waals surface area (Å²) in [6, 6.07) is 0. The Morgan fingerprint density at radius 1 is 1.21 bits per heavy atom. The van der Waals surface area contributed by atoms with Gasteiger partial charge in [-0.1, -0.05) is 25.2 Å². The molecule has 1 aliphatic carbocycles. The Hall–Kier alpha value is -3.08. The van der Waals surface area contributed by atoms with Gasteiger partial charge in [-0.25, -0.2) is 14.8 Å². The molecule has 0 radical (unpaired) electrons. The molecule has 0 atom stereocenters. The number of hydrogen-bond acceptors (Lipinski definition) is 7. The van der Waals surface area contributed by atoms with Gasteiger partial charge in [0.1, 0.15) is 6.54 Å². The maximum absolute atomic E-state index is 12.5. The Labute approximate surface area is 168 Å². The highest BCUT2D eigenvalue weighted by Gasteiger charge is 2.34. The molecule has 29 heavy (non-hydrogen) atoms. The number of Topliss-reactive ketones (excluding diaryl/α,β-unsaturated/α-hetero) is 1. The number of aromatic nitrogens is 5. The number of amides is 1. The van der Waals surface area contributed by atoms with Gasteiger partial charge in [-0.3, -0.25) is 23.5 Å². The highest BCUT2D eigenvalue weighted by molar-refractivity contribution is 7.17.